The fraction of sp³-hybridized carbons (Fsp3) is 0.500. The number of hydrogen-bond donors (Lipinski definition) is 0. The molecular formula is C18H25O5P. The lowest BCUT2D eigenvalue weighted by atomic mass is 10.0. The fourth-order valence-corrected chi connectivity index (χ4v) is 3.81. The van der Waals surface area contributed by atoms with E-state index >= 15 is 0 Å². The predicted octanol–water partition coefficient (Wildman–Crippen LogP) is 4.97. The second-order valence-corrected chi connectivity index (χ2v) is 7.54. The Balaban J connectivity index is 2.19. The maximum atomic E-state index is 13.0. The number of ketones is 1. The van der Waals surface area contributed by atoms with Crippen molar-refractivity contribution >= 4 is 13.4 Å². The highest BCUT2D eigenvalue weighted by atomic mass is 31.2. The van der Waals surface area contributed by atoms with Crippen LogP contribution >= 0.6 is 7.60 Å². The quantitative estimate of drug-likeness (QED) is 0.357. The lowest BCUT2D eigenvalue weighted by Crippen LogP contribution is -2.19. The van der Waals surface area contributed by atoms with Crippen molar-refractivity contribution in [2.24, 2.45) is 0 Å². The molecule has 2 rings (SSSR count). The van der Waals surface area contributed by atoms with Crippen LogP contribution in [-0.4, -0.2) is 25.6 Å². The topological polar surface area (TPSA) is 61.8 Å². The summed E-state index contributed by atoms with van der Waals surface area (Å²) in [5.41, 5.74) is 0.800. The summed E-state index contributed by atoms with van der Waals surface area (Å²) >= 11 is 0. The Labute approximate surface area is 143 Å². The van der Waals surface area contributed by atoms with Gasteiger partial charge in [-0.1, -0.05) is 38.8 Å². The molecule has 1 heterocycles. The predicted molar refractivity (Wildman–Crippen MR) is 93.7 cm³/mol. The summed E-state index contributed by atoms with van der Waals surface area (Å²) in [4.78, 5) is 12.6. The average Bonchev–Trinajstić information content (AvgIpc) is 2.58. The van der Waals surface area contributed by atoms with Gasteiger partial charge in [0.2, 0.25) is 0 Å². The second kappa shape index (κ2) is 9.16. The number of para-hydroxylation sites is 1. The van der Waals surface area contributed by atoms with E-state index in [0.717, 1.165) is 25.7 Å². The second-order valence-electron chi connectivity index (χ2n) is 5.68. The van der Waals surface area contributed by atoms with Crippen LogP contribution in [0.1, 0.15) is 49.9 Å². The van der Waals surface area contributed by atoms with Gasteiger partial charge < -0.3 is 13.8 Å². The number of unbranched alkanes of at least 4 members (excludes halogenated alkanes) is 2. The molecule has 0 bridgehead atoms. The molecule has 1 aliphatic rings. The Morgan fingerprint density at radius 3 is 2.38 bits per heavy atom. The van der Waals surface area contributed by atoms with Gasteiger partial charge >= 0.3 is 7.60 Å². The molecule has 1 aromatic rings. The Morgan fingerprint density at radius 2 is 1.75 bits per heavy atom. The van der Waals surface area contributed by atoms with E-state index in [9.17, 15) is 9.36 Å². The van der Waals surface area contributed by atoms with Crippen LogP contribution in [0.2, 0.25) is 0 Å². The summed E-state index contributed by atoms with van der Waals surface area (Å²) in [6, 6.07) is 7.04. The van der Waals surface area contributed by atoms with E-state index in [1.807, 2.05) is 19.9 Å². The van der Waals surface area contributed by atoms with Crippen molar-refractivity contribution in [3.8, 4) is 5.75 Å². The van der Waals surface area contributed by atoms with Gasteiger partial charge in [-0.05, 0) is 25.0 Å². The lowest BCUT2D eigenvalue weighted by molar-refractivity contribution is 0.0998. The summed E-state index contributed by atoms with van der Waals surface area (Å²) in [7, 11) is -3.46. The molecule has 1 aromatic carbocycles. The lowest BCUT2D eigenvalue weighted by Gasteiger charge is -2.21. The molecule has 132 valence electrons. The van der Waals surface area contributed by atoms with Crippen LogP contribution in [0.5, 0.6) is 5.75 Å². The molecule has 0 fully saturated rings. The van der Waals surface area contributed by atoms with Crippen LogP contribution in [0, 0.1) is 0 Å². The molecule has 0 unspecified atom stereocenters. The average molecular weight is 352 g/mol. The van der Waals surface area contributed by atoms with E-state index in [-0.39, 0.29) is 12.4 Å². The van der Waals surface area contributed by atoms with Gasteiger partial charge in [-0.2, -0.15) is 0 Å². The zero-order chi connectivity index (χ0) is 17.4. The summed E-state index contributed by atoms with van der Waals surface area (Å²) in [5.74, 6) is 1.71. The minimum atomic E-state index is -3.46. The zero-order valence-electron chi connectivity index (χ0n) is 14.3. The van der Waals surface area contributed by atoms with Crippen molar-refractivity contribution in [3.63, 3.8) is 0 Å². The molecule has 0 N–H and O–H groups in total. The number of carbonyl (C=O) groups is 1. The van der Waals surface area contributed by atoms with Gasteiger partial charge in [0.05, 0.1) is 18.8 Å². The van der Waals surface area contributed by atoms with Crippen molar-refractivity contribution in [1.29, 1.82) is 0 Å². The number of hydrogen-bond acceptors (Lipinski definition) is 5. The number of benzene rings is 1. The first kappa shape index (κ1) is 18.9. The van der Waals surface area contributed by atoms with Gasteiger partial charge in [0.25, 0.3) is 0 Å². The summed E-state index contributed by atoms with van der Waals surface area (Å²) in [5, 5.41) is 0. The van der Waals surface area contributed by atoms with Crippen molar-refractivity contribution in [3.05, 3.63) is 41.2 Å². The molecule has 0 spiro atoms. The minimum absolute atomic E-state index is 0.0775. The molecule has 0 saturated heterocycles. The smallest absolute Gasteiger partial charge is 0.354 e. The summed E-state index contributed by atoms with van der Waals surface area (Å²) in [6.07, 6.45) is 3.44. The van der Waals surface area contributed by atoms with Gasteiger partial charge in [0.1, 0.15) is 12.4 Å². The van der Waals surface area contributed by atoms with Crippen molar-refractivity contribution in [1.82, 2.24) is 0 Å². The van der Waals surface area contributed by atoms with Crippen molar-refractivity contribution in [2.45, 2.75) is 39.5 Å². The van der Waals surface area contributed by atoms with Gasteiger partial charge in [-0.3, -0.25) is 9.36 Å². The third-order valence-corrected chi connectivity index (χ3v) is 5.37. The molecule has 5 nitrogen and oxygen atoms in total. The Bertz CT molecular complexity index is 624. The van der Waals surface area contributed by atoms with Gasteiger partial charge in [0, 0.05) is 11.4 Å². The highest BCUT2D eigenvalue weighted by Crippen LogP contribution is 2.51. The van der Waals surface area contributed by atoms with E-state index in [0.29, 0.717) is 30.1 Å². The third kappa shape index (κ3) is 5.04. The van der Waals surface area contributed by atoms with Gasteiger partial charge in [-0.25, -0.2) is 0 Å². The van der Waals surface area contributed by atoms with Gasteiger partial charge in [-0.15, -0.1) is 0 Å². The van der Waals surface area contributed by atoms with Gasteiger partial charge in [0.15, 0.2) is 5.78 Å². The first-order valence-electron chi connectivity index (χ1n) is 8.46. The number of rotatable bonds is 9. The first-order chi connectivity index (χ1) is 11.6. The maximum absolute atomic E-state index is 13.0. The largest absolute Gasteiger partial charge is 0.488 e. The van der Waals surface area contributed by atoms with Crippen molar-refractivity contribution < 1.29 is 23.1 Å². The molecule has 0 amide bonds. The third-order valence-electron chi connectivity index (χ3n) is 3.66. The molecule has 0 aromatic heterocycles. The van der Waals surface area contributed by atoms with Crippen LogP contribution < -0.4 is 4.74 Å². The molecular weight excluding hydrogens is 327 g/mol. The molecule has 24 heavy (non-hydrogen) atoms. The van der Waals surface area contributed by atoms with Crippen LogP contribution in [-0.2, 0) is 13.6 Å². The fourth-order valence-electron chi connectivity index (χ4n) is 2.24. The Hall–Kier alpha value is -1.42. The Morgan fingerprint density at radius 1 is 1.12 bits per heavy atom. The molecule has 0 aliphatic carbocycles. The monoisotopic (exact) mass is 352 g/mol. The van der Waals surface area contributed by atoms with Crippen LogP contribution in [0.15, 0.2) is 35.7 Å². The normalized spacial score (nSPS) is 16.1. The Kier molecular flexibility index (Phi) is 7.22. The first-order valence-corrected chi connectivity index (χ1v) is 10.1. The molecule has 0 radical (unpaired) electrons. The maximum Gasteiger partial charge on any atom is 0.354 e. The van der Waals surface area contributed by atoms with Crippen LogP contribution in [0.3, 0.4) is 0 Å². The number of carbonyl (C=O) groups excluding carboxylic acids is 1. The highest BCUT2D eigenvalue weighted by molar-refractivity contribution is 7.57. The summed E-state index contributed by atoms with van der Waals surface area (Å²) in [6.45, 7) is 4.82. The SMILES string of the molecule is CCCCOP(=O)(/C=C1\COc2ccccc2C1=O)OCCCC. The molecule has 0 atom stereocenters. The minimum Gasteiger partial charge on any atom is -0.488 e. The summed E-state index contributed by atoms with van der Waals surface area (Å²) < 4.78 is 29.6. The van der Waals surface area contributed by atoms with Crippen LogP contribution in [0.25, 0.3) is 0 Å². The molecule has 0 saturated carbocycles. The van der Waals surface area contributed by atoms with E-state index in [1.54, 1.807) is 18.2 Å². The number of fused-ring (bicyclic) bond motifs is 1. The number of ether oxygens (including phenoxy) is 1. The standard InChI is InChI=1S/C18H25O5P/c1-3-5-11-22-24(20,23-12-6-4-2)14-15-13-21-17-10-8-7-9-16(17)18(15)19/h7-10,14H,3-6,11-13H2,1-2H3/b15-14+. The zero-order valence-corrected chi connectivity index (χ0v) is 15.2. The van der Waals surface area contributed by atoms with E-state index in [2.05, 4.69) is 0 Å². The van der Waals surface area contributed by atoms with Crippen molar-refractivity contribution in [2.75, 3.05) is 19.8 Å². The molecule has 1 aliphatic heterocycles. The van der Waals surface area contributed by atoms with E-state index in [4.69, 9.17) is 13.8 Å². The van der Waals surface area contributed by atoms with E-state index in [1.165, 1.54) is 5.82 Å². The van der Waals surface area contributed by atoms with Crippen LogP contribution in [0.4, 0.5) is 0 Å². The van der Waals surface area contributed by atoms with E-state index < -0.39 is 7.60 Å². The number of Topliss-reactive ketones (excluding diaryl/α,β-unsaturated/α-hetero) is 1. The highest BCUT2D eigenvalue weighted by Gasteiger charge is 2.29. The molecule has 6 heteroatoms.